The van der Waals surface area contributed by atoms with Crippen LogP contribution in [0.15, 0.2) is 64.5 Å². The Balaban J connectivity index is 1.79. The number of benzene rings is 2. The van der Waals surface area contributed by atoms with Crippen molar-refractivity contribution in [3.8, 4) is 0 Å². The molecule has 0 unspecified atom stereocenters. The molecule has 0 spiro atoms. The molecule has 0 saturated heterocycles. The van der Waals surface area contributed by atoms with Crippen molar-refractivity contribution in [3.05, 3.63) is 65.2 Å². The molecule has 4 rings (SSSR count). The third-order valence-electron chi connectivity index (χ3n) is 4.01. The molecule has 0 fully saturated rings. The van der Waals surface area contributed by atoms with Crippen molar-refractivity contribution in [2.45, 2.75) is 11.4 Å². The first-order chi connectivity index (χ1) is 12.1. The van der Waals surface area contributed by atoms with E-state index in [1.807, 2.05) is 65.4 Å². The van der Waals surface area contributed by atoms with Gasteiger partial charge in [-0.3, -0.25) is 9.59 Å². The number of para-hydroxylation sites is 2. The minimum Gasteiger partial charge on any atom is -0.368 e. The molecule has 2 heterocycles. The monoisotopic (exact) mass is 349 g/mol. The van der Waals surface area contributed by atoms with E-state index in [2.05, 4.69) is 5.32 Å². The molecule has 2 amide bonds. The summed E-state index contributed by atoms with van der Waals surface area (Å²) in [7, 11) is 0. The minimum atomic E-state index is -0.404. The second kappa shape index (κ2) is 6.14. The second-order valence-corrected chi connectivity index (χ2v) is 6.84. The molecule has 0 atom stereocenters. The SMILES string of the molecule is NC(=O)Cn1cc(/C=C2/Sc3ccccc3NC2=O)c2ccccc21. The first-order valence-electron chi connectivity index (χ1n) is 7.78. The van der Waals surface area contributed by atoms with Crippen LogP contribution in [-0.4, -0.2) is 16.4 Å². The molecule has 2 aromatic carbocycles. The number of fused-ring (bicyclic) bond motifs is 2. The largest absolute Gasteiger partial charge is 0.368 e. The maximum Gasteiger partial charge on any atom is 0.262 e. The number of thioether (sulfide) groups is 1. The van der Waals surface area contributed by atoms with Crippen LogP contribution in [0, 0.1) is 0 Å². The summed E-state index contributed by atoms with van der Waals surface area (Å²) in [5.74, 6) is -0.533. The van der Waals surface area contributed by atoms with Crippen molar-refractivity contribution in [1.82, 2.24) is 4.57 Å². The second-order valence-electron chi connectivity index (χ2n) is 5.76. The van der Waals surface area contributed by atoms with E-state index in [9.17, 15) is 9.59 Å². The summed E-state index contributed by atoms with van der Waals surface area (Å²) >= 11 is 1.44. The van der Waals surface area contributed by atoms with Crippen molar-refractivity contribution in [1.29, 1.82) is 0 Å². The number of hydrogen-bond acceptors (Lipinski definition) is 3. The number of nitrogens with one attached hydrogen (secondary N) is 1. The van der Waals surface area contributed by atoms with Gasteiger partial charge in [0.15, 0.2) is 0 Å². The Labute approximate surface area is 148 Å². The van der Waals surface area contributed by atoms with Crippen molar-refractivity contribution in [3.63, 3.8) is 0 Å². The number of anilines is 1. The number of aromatic nitrogens is 1. The summed E-state index contributed by atoms with van der Waals surface area (Å²) in [4.78, 5) is 25.3. The zero-order valence-corrected chi connectivity index (χ0v) is 14.0. The van der Waals surface area contributed by atoms with Gasteiger partial charge in [0.2, 0.25) is 5.91 Å². The molecule has 6 heteroatoms. The molecule has 0 saturated carbocycles. The molecule has 0 aliphatic carbocycles. The summed E-state index contributed by atoms with van der Waals surface area (Å²) in [5, 5.41) is 3.88. The van der Waals surface area contributed by atoms with Crippen LogP contribution in [0.25, 0.3) is 17.0 Å². The number of carbonyl (C=O) groups excluding carboxylic acids is 2. The van der Waals surface area contributed by atoms with Gasteiger partial charge in [0, 0.05) is 27.6 Å². The van der Waals surface area contributed by atoms with Gasteiger partial charge in [-0.15, -0.1) is 0 Å². The maximum absolute atomic E-state index is 12.4. The van der Waals surface area contributed by atoms with Crippen LogP contribution in [0.2, 0.25) is 0 Å². The topological polar surface area (TPSA) is 77.1 Å². The third kappa shape index (κ3) is 2.92. The molecule has 0 radical (unpaired) electrons. The summed E-state index contributed by atoms with van der Waals surface area (Å²) in [6.07, 6.45) is 3.71. The molecule has 124 valence electrons. The van der Waals surface area contributed by atoms with Gasteiger partial charge in [-0.1, -0.05) is 42.1 Å². The summed E-state index contributed by atoms with van der Waals surface area (Å²) in [6, 6.07) is 15.4. The van der Waals surface area contributed by atoms with E-state index in [4.69, 9.17) is 5.73 Å². The molecule has 3 N–H and O–H groups in total. The Bertz CT molecular complexity index is 1040. The van der Waals surface area contributed by atoms with Gasteiger partial charge in [-0.25, -0.2) is 0 Å². The zero-order chi connectivity index (χ0) is 17.4. The highest BCUT2D eigenvalue weighted by Gasteiger charge is 2.21. The fourth-order valence-electron chi connectivity index (χ4n) is 2.93. The van der Waals surface area contributed by atoms with Crippen LogP contribution >= 0.6 is 11.8 Å². The summed E-state index contributed by atoms with van der Waals surface area (Å²) < 4.78 is 1.81. The highest BCUT2D eigenvalue weighted by atomic mass is 32.2. The lowest BCUT2D eigenvalue weighted by Gasteiger charge is -2.18. The van der Waals surface area contributed by atoms with Gasteiger partial charge in [-0.05, 0) is 24.3 Å². The molecule has 1 aliphatic rings. The van der Waals surface area contributed by atoms with Gasteiger partial charge in [-0.2, -0.15) is 0 Å². The predicted octanol–water partition coefficient (Wildman–Crippen LogP) is 3.21. The van der Waals surface area contributed by atoms with Crippen LogP contribution in [0.4, 0.5) is 5.69 Å². The van der Waals surface area contributed by atoms with Gasteiger partial charge >= 0.3 is 0 Å². The number of hydrogen-bond donors (Lipinski definition) is 2. The number of primary amides is 1. The quantitative estimate of drug-likeness (QED) is 0.713. The average Bonchev–Trinajstić information content (AvgIpc) is 2.93. The lowest BCUT2D eigenvalue weighted by atomic mass is 10.1. The molecule has 1 aromatic heterocycles. The fraction of sp³-hybridized carbons (Fsp3) is 0.0526. The van der Waals surface area contributed by atoms with Crippen molar-refractivity contribution in [2.75, 3.05) is 5.32 Å². The Hall–Kier alpha value is -2.99. The number of nitrogens with two attached hydrogens (primary N) is 1. The Morgan fingerprint density at radius 3 is 2.76 bits per heavy atom. The Kier molecular flexibility index (Phi) is 3.82. The number of amides is 2. The lowest BCUT2D eigenvalue weighted by molar-refractivity contribution is -0.118. The minimum absolute atomic E-state index is 0.103. The van der Waals surface area contributed by atoms with E-state index in [1.54, 1.807) is 0 Å². The molecule has 25 heavy (non-hydrogen) atoms. The Morgan fingerprint density at radius 2 is 1.92 bits per heavy atom. The first-order valence-corrected chi connectivity index (χ1v) is 8.59. The standard InChI is InChI=1S/C19H15N3O2S/c20-18(23)11-22-10-12(13-5-1-3-7-15(13)22)9-17-19(24)21-14-6-2-4-8-16(14)25-17/h1-10H,11H2,(H2,20,23)(H,21,24)/b17-9+. The van der Waals surface area contributed by atoms with Crippen molar-refractivity contribution in [2.24, 2.45) is 5.73 Å². The van der Waals surface area contributed by atoms with E-state index in [0.29, 0.717) is 4.91 Å². The number of nitrogens with zero attached hydrogens (tertiary/aromatic N) is 1. The van der Waals surface area contributed by atoms with Crippen molar-refractivity contribution < 1.29 is 9.59 Å². The highest BCUT2D eigenvalue weighted by molar-refractivity contribution is 8.04. The smallest absolute Gasteiger partial charge is 0.262 e. The van der Waals surface area contributed by atoms with Gasteiger partial charge in [0.05, 0.1) is 10.6 Å². The molecule has 1 aliphatic heterocycles. The van der Waals surface area contributed by atoms with E-state index in [-0.39, 0.29) is 12.5 Å². The van der Waals surface area contributed by atoms with E-state index in [0.717, 1.165) is 27.0 Å². The van der Waals surface area contributed by atoms with Crippen LogP contribution in [0.5, 0.6) is 0 Å². The molecular formula is C19H15N3O2S. The van der Waals surface area contributed by atoms with Crippen LogP contribution in [0.1, 0.15) is 5.56 Å². The summed E-state index contributed by atoms with van der Waals surface area (Å²) in [5.41, 5.74) is 7.96. The van der Waals surface area contributed by atoms with Crippen LogP contribution in [-0.2, 0) is 16.1 Å². The lowest BCUT2D eigenvalue weighted by Crippen LogP contribution is -2.18. The Morgan fingerprint density at radius 1 is 1.16 bits per heavy atom. The van der Waals surface area contributed by atoms with Gasteiger partial charge in [0.25, 0.3) is 5.91 Å². The average molecular weight is 349 g/mol. The van der Waals surface area contributed by atoms with Gasteiger partial charge < -0.3 is 15.6 Å². The molecule has 3 aromatic rings. The van der Waals surface area contributed by atoms with E-state index >= 15 is 0 Å². The normalized spacial score (nSPS) is 15.2. The summed E-state index contributed by atoms with van der Waals surface area (Å²) in [6.45, 7) is 0.103. The maximum atomic E-state index is 12.4. The van der Waals surface area contributed by atoms with Gasteiger partial charge in [0.1, 0.15) is 6.54 Å². The first kappa shape index (κ1) is 15.5. The van der Waals surface area contributed by atoms with E-state index in [1.165, 1.54) is 11.8 Å². The third-order valence-corrected chi connectivity index (χ3v) is 5.11. The highest BCUT2D eigenvalue weighted by Crippen LogP contribution is 2.39. The molecular weight excluding hydrogens is 334 g/mol. The van der Waals surface area contributed by atoms with Crippen LogP contribution < -0.4 is 11.1 Å². The van der Waals surface area contributed by atoms with Crippen molar-refractivity contribution >= 4 is 46.2 Å². The predicted molar refractivity (Wildman–Crippen MR) is 100 cm³/mol. The number of rotatable bonds is 3. The molecule has 5 nitrogen and oxygen atoms in total. The number of carbonyl (C=O) groups is 2. The molecule has 0 bridgehead atoms. The fourth-order valence-corrected chi connectivity index (χ4v) is 3.87. The van der Waals surface area contributed by atoms with Crippen LogP contribution in [0.3, 0.4) is 0 Å². The zero-order valence-electron chi connectivity index (χ0n) is 13.2. The van der Waals surface area contributed by atoms with E-state index < -0.39 is 5.91 Å².